The molecule has 76 heavy (non-hydrogen) atoms. The summed E-state index contributed by atoms with van der Waals surface area (Å²) in [4.78, 5) is 103. The van der Waals surface area contributed by atoms with Crippen molar-refractivity contribution in [1.29, 1.82) is 0 Å². The van der Waals surface area contributed by atoms with E-state index in [0.717, 1.165) is 23.1 Å². The molecule has 3 atom stereocenters. The van der Waals surface area contributed by atoms with Crippen molar-refractivity contribution in [3.63, 3.8) is 0 Å². The highest BCUT2D eigenvalue weighted by Gasteiger charge is 2.63. The van der Waals surface area contributed by atoms with Gasteiger partial charge in [0.15, 0.2) is 5.60 Å². The number of ether oxygens (including phenoxy) is 3. The van der Waals surface area contributed by atoms with Gasteiger partial charge in [-0.05, 0) is 71.8 Å². The summed E-state index contributed by atoms with van der Waals surface area (Å²) < 4.78 is 18.2. The first kappa shape index (κ1) is 49.7. The van der Waals surface area contributed by atoms with Gasteiger partial charge in [0.25, 0.3) is 23.2 Å². The second kappa shape index (κ2) is 19.6. The van der Waals surface area contributed by atoms with Crippen LogP contribution >= 0.6 is 34.9 Å². The third-order valence-electron chi connectivity index (χ3n) is 13.5. The molecule has 6 aromatic rings. The van der Waals surface area contributed by atoms with Gasteiger partial charge in [0.05, 0.1) is 39.9 Å². The molecule has 5 aromatic carbocycles. The largest absolute Gasteiger partial charge is 0.477 e. The van der Waals surface area contributed by atoms with Crippen molar-refractivity contribution in [1.82, 2.24) is 15.5 Å². The molecule has 0 bridgehead atoms. The SMILES string of the molecule is O=C(Cc1cccs1)NC1C(=O)N2C(C(=O)O)=C(CSc3ccccc3CC(=O)Oc3ccc4c(c3)Oc3cc(NCCNC(=O)c5cc([N+](=O)[O-])cc([N+](=O)[O-])c5)ccc3C43OC(=O)c4ccccc43)C3(CC3)S[C@H]12. The number of hydrogen-bond acceptors (Lipinski definition) is 17. The molecule has 2 unspecified atom stereocenters. The molecule has 1 saturated heterocycles. The summed E-state index contributed by atoms with van der Waals surface area (Å²) in [5.74, 6) is -3.06. The minimum atomic E-state index is -1.46. The van der Waals surface area contributed by atoms with Crippen LogP contribution in [0.5, 0.6) is 17.2 Å². The number of carbonyl (C=O) groups is 6. The second-order valence-corrected chi connectivity index (χ2v) is 21.8. The quantitative estimate of drug-likeness (QED) is 0.0129. The summed E-state index contributed by atoms with van der Waals surface area (Å²) in [6.07, 6.45) is 1.39. The number of non-ortho nitro benzene ring substituents is 2. The molecule has 2 fully saturated rings. The monoisotopic (exact) mass is 1080 g/mol. The van der Waals surface area contributed by atoms with Gasteiger partial charge in [-0.1, -0.05) is 42.5 Å². The summed E-state index contributed by atoms with van der Waals surface area (Å²) in [5.41, 5.74) is 0.667. The number of hydrogen-bond donors (Lipinski definition) is 4. The average Bonchev–Trinajstić information content (AvgIpc) is 3.88. The molecular weight excluding hydrogens is 1040 g/mol. The number of nitro groups is 2. The van der Waals surface area contributed by atoms with Crippen LogP contribution in [-0.4, -0.2) is 90.5 Å². The Bertz CT molecular complexity index is 3500. The van der Waals surface area contributed by atoms with E-state index in [-0.39, 0.29) is 60.4 Å². The van der Waals surface area contributed by atoms with Gasteiger partial charge < -0.3 is 35.3 Å². The van der Waals surface area contributed by atoms with Gasteiger partial charge in [0.2, 0.25) is 5.91 Å². The van der Waals surface area contributed by atoms with E-state index in [1.807, 2.05) is 29.6 Å². The lowest BCUT2D eigenvalue weighted by Gasteiger charge is -2.52. The number of nitro benzene ring substituents is 2. The minimum Gasteiger partial charge on any atom is -0.477 e. The Kier molecular flexibility index (Phi) is 12.8. The zero-order valence-corrected chi connectivity index (χ0v) is 41.9. The molecule has 384 valence electrons. The molecular formula is C53H40N6O14S3. The van der Waals surface area contributed by atoms with E-state index in [1.54, 1.807) is 66.7 Å². The first-order chi connectivity index (χ1) is 36.6. The number of carboxylic acids is 1. The van der Waals surface area contributed by atoms with Crippen molar-refractivity contribution in [3.8, 4) is 17.2 Å². The predicted molar refractivity (Wildman–Crippen MR) is 277 cm³/mol. The molecule has 1 aromatic heterocycles. The number of aliphatic carboxylic acids is 1. The van der Waals surface area contributed by atoms with E-state index in [0.29, 0.717) is 62.6 Å². The molecule has 0 radical (unpaired) electrons. The number of nitrogens with zero attached hydrogens (tertiary/aromatic N) is 3. The summed E-state index contributed by atoms with van der Waals surface area (Å²) in [5, 5.41) is 43.1. The van der Waals surface area contributed by atoms with Crippen LogP contribution in [0, 0.1) is 20.2 Å². The standard InChI is InChI=1S/C53H40N6O14S3/c60-43(26-34-7-5-19-74-34)56-45-48(63)57-46(50(64)65)39(52(15-16-52)76-49(45)57)27-75-42-10-4-1-6-28(42)22-44(61)71-33-12-14-38-41(25-33)72-40-23-30(11-13-37(40)53(38)36-9-3-2-8-35(36)51(66)73-53)54-17-18-55-47(62)29-20-31(58(67)68)24-32(21-29)59(69)70/h1-14,19-21,23-25,45,49,54H,15-18,22,26-27H2,(H,55,62)(H,56,60)(H,64,65)/t45?,49-,53?/m1/s1. The van der Waals surface area contributed by atoms with E-state index in [1.165, 1.54) is 45.8 Å². The Labute approximate surface area is 443 Å². The third-order valence-corrected chi connectivity index (χ3v) is 17.4. The van der Waals surface area contributed by atoms with E-state index < -0.39 is 72.7 Å². The number of fused-ring (bicyclic) bond motifs is 7. The van der Waals surface area contributed by atoms with Crippen molar-refractivity contribution in [2.45, 2.75) is 52.3 Å². The molecule has 23 heteroatoms. The maximum Gasteiger partial charge on any atom is 0.352 e. The predicted octanol–water partition coefficient (Wildman–Crippen LogP) is 7.73. The fourth-order valence-corrected chi connectivity index (χ4v) is 13.6. The lowest BCUT2D eigenvalue weighted by Crippen LogP contribution is -2.71. The van der Waals surface area contributed by atoms with Crippen molar-refractivity contribution in [3.05, 3.63) is 190 Å². The number of β-lactam (4-membered cyclic amide) rings is 1. The van der Waals surface area contributed by atoms with Crippen LogP contribution in [0.25, 0.3) is 0 Å². The Balaban J connectivity index is 0.784. The lowest BCUT2D eigenvalue weighted by atomic mass is 9.77. The van der Waals surface area contributed by atoms with Gasteiger partial charge in [0.1, 0.15) is 34.4 Å². The number of carboxylic acid groups (broad SMARTS) is 1. The van der Waals surface area contributed by atoms with Crippen molar-refractivity contribution < 1.29 is 57.9 Å². The van der Waals surface area contributed by atoms with Crippen LogP contribution in [-0.2, 0) is 42.4 Å². The van der Waals surface area contributed by atoms with Crippen LogP contribution in [0.3, 0.4) is 0 Å². The smallest absolute Gasteiger partial charge is 0.352 e. The number of amides is 3. The van der Waals surface area contributed by atoms with Crippen LogP contribution in [0.4, 0.5) is 17.1 Å². The minimum absolute atomic E-state index is 0.00832. The zero-order chi connectivity index (χ0) is 53.0. The molecule has 5 aliphatic rings. The molecule has 11 rings (SSSR count). The Morgan fingerprint density at radius 1 is 0.829 bits per heavy atom. The van der Waals surface area contributed by atoms with Gasteiger partial charge in [-0.2, -0.15) is 0 Å². The fourth-order valence-electron chi connectivity index (χ4n) is 9.90. The Morgan fingerprint density at radius 3 is 2.28 bits per heavy atom. The van der Waals surface area contributed by atoms with E-state index in [4.69, 9.17) is 14.2 Å². The lowest BCUT2D eigenvalue weighted by molar-refractivity contribution is -0.394. The van der Waals surface area contributed by atoms with Crippen molar-refractivity contribution >= 4 is 87.6 Å². The first-order valence-electron chi connectivity index (χ1n) is 23.6. The molecule has 3 amide bonds. The van der Waals surface area contributed by atoms with E-state index in [2.05, 4.69) is 16.0 Å². The zero-order valence-electron chi connectivity index (χ0n) is 39.5. The van der Waals surface area contributed by atoms with E-state index >= 15 is 0 Å². The summed E-state index contributed by atoms with van der Waals surface area (Å²) >= 11 is 4.31. The first-order valence-corrected chi connectivity index (χ1v) is 26.3. The van der Waals surface area contributed by atoms with Gasteiger partial charge in [-0.3, -0.25) is 44.3 Å². The summed E-state index contributed by atoms with van der Waals surface area (Å²) in [7, 11) is 0. The maximum absolute atomic E-state index is 13.8. The highest BCUT2D eigenvalue weighted by molar-refractivity contribution is 8.02. The topological polar surface area (TPSA) is 276 Å². The average molecular weight is 1080 g/mol. The molecule has 4 aliphatic heterocycles. The third kappa shape index (κ3) is 9.04. The maximum atomic E-state index is 13.8. The van der Waals surface area contributed by atoms with Crippen LogP contribution in [0.15, 0.2) is 137 Å². The normalized spacial score (nSPS) is 19.0. The number of thioether (sulfide) groups is 2. The number of benzene rings is 5. The highest BCUT2D eigenvalue weighted by Crippen LogP contribution is 2.63. The number of anilines is 1. The Morgan fingerprint density at radius 2 is 1.55 bits per heavy atom. The molecule has 1 aliphatic carbocycles. The number of esters is 2. The second-order valence-electron chi connectivity index (χ2n) is 18.2. The van der Waals surface area contributed by atoms with E-state index in [9.17, 15) is 54.1 Å². The Hall–Kier alpha value is -8.54. The molecule has 20 nitrogen and oxygen atoms in total. The van der Waals surface area contributed by atoms with Crippen LogP contribution in [0.2, 0.25) is 0 Å². The molecule has 1 saturated carbocycles. The van der Waals surface area contributed by atoms with Gasteiger partial charge in [0, 0.05) is 80.0 Å². The van der Waals surface area contributed by atoms with Gasteiger partial charge >= 0.3 is 17.9 Å². The summed E-state index contributed by atoms with van der Waals surface area (Å²) in [6.45, 7) is 0.151. The summed E-state index contributed by atoms with van der Waals surface area (Å²) in [6, 6.07) is 29.6. The number of carbonyl (C=O) groups excluding carboxylic acids is 5. The van der Waals surface area contributed by atoms with Crippen molar-refractivity contribution in [2.75, 3.05) is 24.2 Å². The molecule has 5 heterocycles. The van der Waals surface area contributed by atoms with Gasteiger partial charge in [-0.15, -0.1) is 34.9 Å². The fraction of sp³-hybridized carbons (Fsp3) is 0.208. The molecule has 2 spiro atoms. The van der Waals surface area contributed by atoms with Crippen LogP contribution < -0.4 is 25.4 Å². The highest BCUT2D eigenvalue weighted by atomic mass is 32.2. The number of rotatable bonds is 17. The number of nitrogens with one attached hydrogen (secondary N) is 3. The van der Waals surface area contributed by atoms with Crippen LogP contribution in [0.1, 0.15) is 60.7 Å². The van der Waals surface area contributed by atoms with Crippen molar-refractivity contribution in [2.24, 2.45) is 0 Å². The number of thiophene rings is 1. The molecule has 4 N–H and O–H groups in total. The van der Waals surface area contributed by atoms with Gasteiger partial charge in [-0.25, -0.2) is 9.59 Å².